The van der Waals surface area contributed by atoms with Crippen molar-refractivity contribution in [1.82, 2.24) is 5.32 Å². The average Bonchev–Trinajstić information content (AvgIpc) is 2.16. The molecule has 0 radical (unpaired) electrons. The summed E-state index contributed by atoms with van der Waals surface area (Å²) in [6.07, 6.45) is 4.90. The number of hydrogen-bond donors (Lipinski definition) is 1. The first-order valence-electron chi connectivity index (χ1n) is 6.20. The zero-order valence-corrected chi connectivity index (χ0v) is 11.0. The molecule has 1 amide bonds. The van der Waals surface area contributed by atoms with Crippen LogP contribution < -0.4 is 5.32 Å². The number of carbonyl (C=O) groups is 1. The predicted octanol–water partition coefficient (Wildman–Crippen LogP) is 3.37. The molecule has 0 aromatic carbocycles. The van der Waals surface area contributed by atoms with Gasteiger partial charge >= 0.3 is 0 Å². The molecule has 0 saturated heterocycles. The van der Waals surface area contributed by atoms with Crippen LogP contribution in [0.25, 0.3) is 0 Å². The van der Waals surface area contributed by atoms with Crippen molar-refractivity contribution >= 4 is 5.91 Å². The van der Waals surface area contributed by atoms with Gasteiger partial charge in [0.2, 0.25) is 5.91 Å². The molecule has 0 fully saturated rings. The van der Waals surface area contributed by atoms with E-state index in [1.54, 1.807) is 0 Å². The zero-order valence-electron chi connectivity index (χ0n) is 11.0. The molecule has 15 heavy (non-hydrogen) atoms. The minimum absolute atomic E-state index is 0.164. The molecule has 1 N–H and O–H groups in total. The lowest BCUT2D eigenvalue weighted by molar-refractivity contribution is -0.128. The lowest BCUT2D eigenvalue weighted by Crippen LogP contribution is -2.37. The molecule has 0 heterocycles. The van der Waals surface area contributed by atoms with Gasteiger partial charge in [0.1, 0.15) is 0 Å². The highest BCUT2D eigenvalue weighted by molar-refractivity contribution is 5.81. The van der Waals surface area contributed by atoms with Gasteiger partial charge in [-0.2, -0.15) is 0 Å². The van der Waals surface area contributed by atoms with Crippen LogP contribution in [0.2, 0.25) is 0 Å². The molecule has 0 aromatic rings. The van der Waals surface area contributed by atoms with Gasteiger partial charge in [0, 0.05) is 12.0 Å². The third-order valence-corrected chi connectivity index (χ3v) is 2.78. The van der Waals surface area contributed by atoms with Crippen LogP contribution in [0.5, 0.6) is 0 Å². The van der Waals surface area contributed by atoms with Crippen molar-refractivity contribution in [1.29, 1.82) is 0 Å². The Morgan fingerprint density at radius 1 is 1.27 bits per heavy atom. The summed E-state index contributed by atoms with van der Waals surface area (Å²) in [4.78, 5) is 11.6. The van der Waals surface area contributed by atoms with Crippen LogP contribution in [0.4, 0.5) is 0 Å². The first-order chi connectivity index (χ1) is 6.91. The molecular weight excluding hydrogens is 186 g/mol. The summed E-state index contributed by atoms with van der Waals surface area (Å²) in [5.74, 6) is 0.814. The Balaban J connectivity index is 3.85. The van der Waals surface area contributed by atoms with E-state index in [1.165, 1.54) is 19.3 Å². The Hall–Kier alpha value is -0.530. The fourth-order valence-electron chi connectivity index (χ4n) is 1.45. The van der Waals surface area contributed by atoms with Crippen molar-refractivity contribution in [2.24, 2.45) is 11.3 Å². The lowest BCUT2D eigenvalue weighted by Gasteiger charge is -2.21. The largest absolute Gasteiger partial charge is 0.355 e. The molecule has 0 unspecified atom stereocenters. The second-order valence-electron chi connectivity index (χ2n) is 5.38. The Kier molecular flexibility index (Phi) is 6.62. The van der Waals surface area contributed by atoms with Crippen LogP contribution in [0, 0.1) is 11.3 Å². The fraction of sp³-hybridized carbons (Fsp3) is 0.923. The van der Waals surface area contributed by atoms with Crippen LogP contribution in [-0.2, 0) is 4.79 Å². The van der Waals surface area contributed by atoms with Crippen LogP contribution in [0.15, 0.2) is 0 Å². The minimum Gasteiger partial charge on any atom is -0.355 e. The van der Waals surface area contributed by atoms with Gasteiger partial charge in [-0.25, -0.2) is 0 Å². The minimum atomic E-state index is -0.261. The van der Waals surface area contributed by atoms with Gasteiger partial charge in [0.05, 0.1) is 0 Å². The summed E-state index contributed by atoms with van der Waals surface area (Å²) in [6.45, 7) is 11.1. The lowest BCUT2D eigenvalue weighted by atomic mass is 9.94. The first kappa shape index (κ1) is 14.5. The standard InChI is InChI=1S/C13H27NO/c1-6-8-9-11(7-2)10-14-12(15)13(3,4)5/h11H,6-10H2,1-5H3,(H,14,15)/t11-/m1/s1. The van der Waals surface area contributed by atoms with Gasteiger partial charge in [-0.15, -0.1) is 0 Å². The average molecular weight is 213 g/mol. The highest BCUT2D eigenvalue weighted by atomic mass is 16.2. The molecule has 0 aromatic heterocycles. The van der Waals surface area contributed by atoms with Gasteiger partial charge in [0.25, 0.3) is 0 Å². The first-order valence-corrected chi connectivity index (χ1v) is 6.20. The van der Waals surface area contributed by atoms with Crippen molar-refractivity contribution in [3.63, 3.8) is 0 Å². The summed E-state index contributed by atoms with van der Waals surface area (Å²) >= 11 is 0. The molecule has 2 nitrogen and oxygen atoms in total. The molecule has 0 saturated carbocycles. The Morgan fingerprint density at radius 2 is 1.87 bits per heavy atom. The van der Waals surface area contributed by atoms with Crippen LogP contribution >= 0.6 is 0 Å². The van der Waals surface area contributed by atoms with E-state index in [1.807, 2.05) is 20.8 Å². The maximum Gasteiger partial charge on any atom is 0.225 e. The van der Waals surface area contributed by atoms with Gasteiger partial charge < -0.3 is 5.32 Å². The highest BCUT2D eigenvalue weighted by Crippen LogP contribution is 2.15. The van der Waals surface area contributed by atoms with Crippen LogP contribution in [0.1, 0.15) is 60.3 Å². The SMILES string of the molecule is CCCC[C@@H](CC)CNC(=O)C(C)(C)C. The molecule has 0 aliphatic rings. The van der Waals surface area contributed by atoms with E-state index >= 15 is 0 Å². The normalized spacial score (nSPS) is 13.7. The number of rotatable bonds is 6. The number of amides is 1. The molecule has 0 rings (SSSR count). The third kappa shape index (κ3) is 6.53. The van der Waals surface area contributed by atoms with Crippen LogP contribution in [0.3, 0.4) is 0 Å². The van der Waals surface area contributed by atoms with E-state index in [9.17, 15) is 4.79 Å². The van der Waals surface area contributed by atoms with Crippen molar-refractivity contribution in [3.8, 4) is 0 Å². The van der Waals surface area contributed by atoms with Gasteiger partial charge in [-0.05, 0) is 12.3 Å². The molecule has 90 valence electrons. The van der Waals surface area contributed by atoms with E-state index < -0.39 is 0 Å². The molecule has 2 heteroatoms. The second kappa shape index (κ2) is 6.86. The van der Waals surface area contributed by atoms with E-state index in [4.69, 9.17) is 0 Å². The van der Waals surface area contributed by atoms with E-state index in [2.05, 4.69) is 19.2 Å². The van der Waals surface area contributed by atoms with E-state index in [0.717, 1.165) is 13.0 Å². The van der Waals surface area contributed by atoms with Gasteiger partial charge in [-0.3, -0.25) is 4.79 Å². The van der Waals surface area contributed by atoms with Gasteiger partial charge in [0.15, 0.2) is 0 Å². The molecular formula is C13H27NO. The summed E-state index contributed by atoms with van der Waals surface area (Å²) < 4.78 is 0. The Bertz CT molecular complexity index is 181. The maximum absolute atomic E-state index is 11.6. The summed E-state index contributed by atoms with van der Waals surface area (Å²) in [7, 11) is 0. The van der Waals surface area contributed by atoms with E-state index in [0.29, 0.717) is 5.92 Å². The third-order valence-electron chi connectivity index (χ3n) is 2.78. The molecule has 0 aliphatic carbocycles. The zero-order chi connectivity index (χ0) is 11.9. The molecule has 0 spiro atoms. The Labute approximate surface area is 94.8 Å². The summed E-state index contributed by atoms with van der Waals surface area (Å²) in [5.41, 5.74) is -0.261. The number of unbranched alkanes of at least 4 members (excludes halogenated alkanes) is 1. The van der Waals surface area contributed by atoms with Crippen LogP contribution in [-0.4, -0.2) is 12.5 Å². The molecule has 0 bridgehead atoms. The van der Waals surface area contributed by atoms with Crippen molar-refractivity contribution in [2.75, 3.05) is 6.54 Å². The van der Waals surface area contributed by atoms with Crippen molar-refractivity contribution in [3.05, 3.63) is 0 Å². The Morgan fingerprint density at radius 3 is 2.27 bits per heavy atom. The predicted molar refractivity (Wildman–Crippen MR) is 65.8 cm³/mol. The quantitative estimate of drug-likeness (QED) is 0.720. The fourth-order valence-corrected chi connectivity index (χ4v) is 1.45. The number of nitrogens with one attached hydrogen (secondary N) is 1. The monoisotopic (exact) mass is 213 g/mol. The van der Waals surface area contributed by atoms with Crippen molar-refractivity contribution in [2.45, 2.75) is 60.3 Å². The molecule has 0 aliphatic heterocycles. The molecule has 1 atom stereocenters. The number of carbonyl (C=O) groups excluding carboxylic acids is 1. The van der Waals surface area contributed by atoms with Gasteiger partial charge in [-0.1, -0.05) is 53.9 Å². The summed E-state index contributed by atoms with van der Waals surface area (Å²) in [5, 5.41) is 3.04. The maximum atomic E-state index is 11.6. The summed E-state index contributed by atoms with van der Waals surface area (Å²) in [6, 6.07) is 0. The topological polar surface area (TPSA) is 29.1 Å². The highest BCUT2D eigenvalue weighted by Gasteiger charge is 2.21. The van der Waals surface area contributed by atoms with Crippen molar-refractivity contribution < 1.29 is 4.79 Å². The smallest absolute Gasteiger partial charge is 0.225 e. The second-order valence-corrected chi connectivity index (χ2v) is 5.38. The number of hydrogen-bond acceptors (Lipinski definition) is 1. The van der Waals surface area contributed by atoms with E-state index in [-0.39, 0.29) is 11.3 Å².